The van der Waals surface area contributed by atoms with Crippen molar-refractivity contribution in [3.63, 3.8) is 0 Å². The zero-order chi connectivity index (χ0) is 11.1. The molecule has 2 heteroatoms. The highest BCUT2D eigenvalue weighted by molar-refractivity contribution is 5.13. The van der Waals surface area contributed by atoms with Gasteiger partial charge in [-0.05, 0) is 11.5 Å². The normalized spacial score (nSPS) is 14.9. The fraction of sp³-hybridized carbons (Fsp3) is 0.538. The Hall–Kier alpha value is -0.860. The van der Waals surface area contributed by atoms with E-state index >= 15 is 0 Å². The van der Waals surface area contributed by atoms with Gasteiger partial charge in [0.05, 0.1) is 19.3 Å². The van der Waals surface area contributed by atoms with Gasteiger partial charge in [0.25, 0.3) is 0 Å². The van der Waals surface area contributed by atoms with Crippen LogP contribution < -0.4 is 0 Å². The largest absolute Gasteiger partial charge is 0.394 e. The maximum atomic E-state index is 9.18. The van der Waals surface area contributed by atoms with E-state index in [2.05, 4.69) is 13.8 Å². The third kappa shape index (κ3) is 4.02. The zero-order valence-electron chi connectivity index (χ0n) is 9.52. The van der Waals surface area contributed by atoms with Crippen LogP contribution in [0.1, 0.15) is 25.8 Å². The van der Waals surface area contributed by atoms with E-state index in [0.29, 0.717) is 12.5 Å². The van der Waals surface area contributed by atoms with Crippen LogP contribution in [0.3, 0.4) is 0 Å². The molecule has 1 rings (SSSR count). The molecule has 0 aromatic heterocycles. The molecule has 1 aromatic carbocycles. The first-order valence-electron chi connectivity index (χ1n) is 5.54. The Morgan fingerprint density at radius 3 is 2.47 bits per heavy atom. The monoisotopic (exact) mass is 208 g/mol. The minimum Gasteiger partial charge on any atom is -0.394 e. The van der Waals surface area contributed by atoms with E-state index in [0.717, 1.165) is 12.0 Å². The molecule has 2 atom stereocenters. The summed E-state index contributed by atoms with van der Waals surface area (Å²) in [5.41, 5.74) is 1.15. The predicted octanol–water partition coefficient (Wildman–Crippen LogP) is 2.61. The summed E-state index contributed by atoms with van der Waals surface area (Å²) in [6.07, 6.45) is 0.982. The molecule has 0 saturated carbocycles. The lowest BCUT2D eigenvalue weighted by Crippen LogP contribution is -2.25. The van der Waals surface area contributed by atoms with Crippen LogP contribution in [0.2, 0.25) is 0 Å². The molecule has 0 bridgehead atoms. The first-order valence-corrected chi connectivity index (χ1v) is 5.54. The lowest BCUT2D eigenvalue weighted by Gasteiger charge is -2.21. The van der Waals surface area contributed by atoms with E-state index in [1.54, 1.807) is 0 Å². The molecule has 0 radical (unpaired) electrons. The Kier molecular flexibility index (Phi) is 5.37. The average Bonchev–Trinajstić information content (AvgIpc) is 2.31. The molecule has 0 fully saturated rings. The third-order valence-electron chi connectivity index (χ3n) is 2.77. The number of rotatable bonds is 6. The number of aliphatic hydroxyl groups is 1. The topological polar surface area (TPSA) is 29.5 Å². The highest BCUT2D eigenvalue weighted by Crippen LogP contribution is 2.13. The second-order valence-electron chi connectivity index (χ2n) is 3.90. The summed E-state index contributed by atoms with van der Waals surface area (Å²) < 4.78 is 5.68. The van der Waals surface area contributed by atoms with Gasteiger partial charge in [0, 0.05) is 0 Å². The quantitative estimate of drug-likeness (QED) is 0.778. The van der Waals surface area contributed by atoms with Gasteiger partial charge in [-0.2, -0.15) is 0 Å². The minimum atomic E-state index is -0.0461. The smallest absolute Gasteiger partial charge is 0.0835 e. The van der Waals surface area contributed by atoms with Crippen LogP contribution in [0.5, 0.6) is 0 Å². The number of aliphatic hydroxyl groups excluding tert-OH is 1. The Morgan fingerprint density at radius 2 is 1.93 bits per heavy atom. The summed E-state index contributed by atoms with van der Waals surface area (Å²) in [6.45, 7) is 4.89. The molecule has 0 heterocycles. The fourth-order valence-electron chi connectivity index (χ4n) is 1.44. The first-order chi connectivity index (χ1) is 7.27. The predicted molar refractivity (Wildman–Crippen MR) is 61.6 cm³/mol. The second kappa shape index (κ2) is 6.59. The number of benzene rings is 1. The Morgan fingerprint density at radius 1 is 1.27 bits per heavy atom. The molecule has 2 unspecified atom stereocenters. The van der Waals surface area contributed by atoms with Gasteiger partial charge < -0.3 is 9.84 Å². The van der Waals surface area contributed by atoms with Gasteiger partial charge in [0.1, 0.15) is 0 Å². The van der Waals surface area contributed by atoms with Crippen molar-refractivity contribution in [1.29, 1.82) is 0 Å². The molecule has 15 heavy (non-hydrogen) atoms. The molecular formula is C13H20O2. The molecule has 0 aliphatic rings. The minimum absolute atomic E-state index is 0.0461. The maximum absolute atomic E-state index is 9.18. The molecule has 1 aromatic rings. The summed E-state index contributed by atoms with van der Waals surface area (Å²) in [6, 6.07) is 10.0. The van der Waals surface area contributed by atoms with Crippen LogP contribution in [0.15, 0.2) is 30.3 Å². The highest BCUT2D eigenvalue weighted by atomic mass is 16.5. The molecule has 84 valence electrons. The Bertz CT molecular complexity index is 258. The standard InChI is InChI=1S/C13H20O2/c1-3-11(2)13(9-14)15-10-12-7-5-4-6-8-12/h4-8,11,13-14H,3,9-10H2,1-2H3. The number of hydrogen-bond acceptors (Lipinski definition) is 2. The van der Waals surface area contributed by atoms with Crippen LogP contribution >= 0.6 is 0 Å². The van der Waals surface area contributed by atoms with Crippen LogP contribution in [-0.4, -0.2) is 17.8 Å². The van der Waals surface area contributed by atoms with E-state index in [4.69, 9.17) is 4.74 Å². The lowest BCUT2D eigenvalue weighted by atomic mass is 10.0. The van der Waals surface area contributed by atoms with Gasteiger partial charge in [0.15, 0.2) is 0 Å². The van der Waals surface area contributed by atoms with E-state index in [9.17, 15) is 5.11 Å². The molecule has 0 aliphatic carbocycles. The van der Waals surface area contributed by atoms with Crippen LogP contribution in [0.4, 0.5) is 0 Å². The van der Waals surface area contributed by atoms with Crippen LogP contribution in [0, 0.1) is 5.92 Å². The van der Waals surface area contributed by atoms with E-state index < -0.39 is 0 Å². The molecule has 0 spiro atoms. The number of hydrogen-bond donors (Lipinski definition) is 1. The molecule has 1 N–H and O–H groups in total. The molecule has 0 aliphatic heterocycles. The molecule has 0 amide bonds. The summed E-state index contributed by atoms with van der Waals surface area (Å²) >= 11 is 0. The highest BCUT2D eigenvalue weighted by Gasteiger charge is 2.14. The summed E-state index contributed by atoms with van der Waals surface area (Å²) in [5.74, 6) is 0.402. The van der Waals surface area contributed by atoms with Gasteiger partial charge in [-0.1, -0.05) is 50.6 Å². The zero-order valence-corrected chi connectivity index (χ0v) is 9.52. The van der Waals surface area contributed by atoms with Gasteiger partial charge in [0.2, 0.25) is 0 Å². The Labute approximate surface area is 91.9 Å². The van der Waals surface area contributed by atoms with Gasteiger partial charge >= 0.3 is 0 Å². The van der Waals surface area contributed by atoms with Gasteiger partial charge in [-0.15, -0.1) is 0 Å². The van der Waals surface area contributed by atoms with Crippen molar-refractivity contribution in [3.8, 4) is 0 Å². The lowest BCUT2D eigenvalue weighted by molar-refractivity contribution is -0.0291. The van der Waals surface area contributed by atoms with Crippen molar-refractivity contribution in [2.75, 3.05) is 6.61 Å². The van der Waals surface area contributed by atoms with Crippen molar-refractivity contribution in [1.82, 2.24) is 0 Å². The van der Waals surface area contributed by atoms with Crippen LogP contribution in [0.25, 0.3) is 0 Å². The van der Waals surface area contributed by atoms with E-state index in [-0.39, 0.29) is 12.7 Å². The first kappa shape index (κ1) is 12.2. The maximum Gasteiger partial charge on any atom is 0.0835 e. The van der Waals surface area contributed by atoms with Crippen molar-refractivity contribution < 1.29 is 9.84 Å². The average molecular weight is 208 g/mol. The molecule has 2 nitrogen and oxygen atoms in total. The van der Waals surface area contributed by atoms with E-state index in [1.807, 2.05) is 30.3 Å². The molecular weight excluding hydrogens is 188 g/mol. The summed E-state index contributed by atoms with van der Waals surface area (Å²) in [7, 11) is 0. The summed E-state index contributed by atoms with van der Waals surface area (Å²) in [5, 5.41) is 9.18. The van der Waals surface area contributed by atoms with E-state index in [1.165, 1.54) is 0 Å². The number of ether oxygens (including phenoxy) is 1. The summed E-state index contributed by atoms with van der Waals surface area (Å²) in [4.78, 5) is 0. The fourth-order valence-corrected chi connectivity index (χ4v) is 1.44. The van der Waals surface area contributed by atoms with Crippen molar-refractivity contribution in [2.24, 2.45) is 5.92 Å². The second-order valence-corrected chi connectivity index (χ2v) is 3.90. The molecule has 0 saturated heterocycles. The van der Waals surface area contributed by atoms with Crippen molar-refractivity contribution in [3.05, 3.63) is 35.9 Å². The Balaban J connectivity index is 2.41. The van der Waals surface area contributed by atoms with Crippen molar-refractivity contribution >= 4 is 0 Å². The van der Waals surface area contributed by atoms with Gasteiger partial charge in [-0.3, -0.25) is 0 Å². The SMILES string of the molecule is CCC(C)C(CO)OCc1ccccc1. The van der Waals surface area contributed by atoms with Crippen LogP contribution in [-0.2, 0) is 11.3 Å². The third-order valence-corrected chi connectivity index (χ3v) is 2.77. The van der Waals surface area contributed by atoms with Gasteiger partial charge in [-0.25, -0.2) is 0 Å². The van der Waals surface area contributed by atoms with Crippen molar-refractivity contribution in [2.45, 2.75) is 33.0 Å².